The highest BCUT2D eigenvalue weighted by molar-refractivity contribution is 6.32. The third kappa shape index (κ3) is 3.48. The van der Waals surface area contributed by atoms with Gasteiger partial charge in [-0.3, -0.25) is 19.3 Å². The van der Waals surface area contributed by atoms with Crippen molar-refractivity contribution in [3.05, 3.63) is 64.2 Å². The zero-order valence-electron chi connectivity index (χ0n) is 14.8. The summed E-state index contributed by atoms with van der Waals surface area (Å²) in [5.74, 6) is -1.43. The number of amides is 3. The molecule has 134 valence electrons. The van der Waals surface area contributed by atoms with E-state index in [1.165, 1.54) is 12.1 Å². The SMILES string of the molecule is CC(C)(C)c1ccc(NC(=O)CN2C(=O)c3ccc(Cl)cc3C2=O)cc1. The van der Waals surface area contributed by atoms with E-state index in [1.54, 1.807) is 18.2 Å². The molecule has 1 heterocycles. The molecule has 2 aromatic rings. The first-order valence-electron chi connectivity index (χ1n) is 8.23. The van der Waals surface area contributed by atoms with Crippen LogP contribution in [0.2, 0.25) is 5.02 Å². The van der Waals surface area contributed by atoms with Gasteiger partial charge in [0.2, 0.25) is 5.91 Å². The van der Waals surface area contributed by atoms with Crippen molar-refractivity contribution in [2.45, 2.75) is 26.2 Å². The van der Waals surface area contributed by atoms with E-state index in [2.05, 4.69) is 26.1 Å². The minimum Gasteiger partial charge on any atom is -0.325 e. The van der Waals surface area contributed by atoms with Crippen LogP contribution in [-0.4, -0.2) is 29.2 Å². The fourth-order valence-electron chi connectivity index (χ4n) is 2.80. The summed E-state index contributed by atoms with van der Waals surface area (Å²) in [5.41, 5.74) is 2.27. The fraction of sp³-hybridized carbons (Fsp3) is 0.250. The maximum atomic E-state index is 12.4. The molecule has 1 aliphatic rings. The number of carbonyl (C=O) groups is 3. The second-order valence-corrected chi connectivity index (χ2v) is 7.70. The molecule has 0 radical (unpaired) electrons. The zero-order chi connectivity index (χ0) is 19.1. The maximum Gasteiger partial charge on any atom is 0.262 e. The van der Waals surface area contributed by atoms with Gasteiger partial charge in [0, 0.05) is 10.7 Å². The highest BCUT2D eigenvalue weighted by atomic mass is 35.5. The van der Waals surface area contributed by atoms with E-state index in [-0.39, 0.29) is 23.1 Å². The molecule has 0 bridgehead atoms. The molecule has 0 atom stereocenters. The number of hydrogen-bond donors (Lipinski definition) is 1. The van der Waals surface area contributed by atoms with Crippen molar-refractivity contribution in [1.29, 1.82) is 0 Å². The average Bonchev–Trinajstić information content (AvgIpc) is 2.79. The predicted molar refractivity (Wildman–Crippen MR) is 101 cm³/mol. The van der Waals surface area contributed by atoms with Gasteiger partial charge in [-0.15, -0.1) is 0 Å². The van der Waals surface area contributed by atoms with Gasteiger partial charge in [-0.2, -0.15) is 0 Å². The van der Waals surface area contributed by atoms with Gasteiger partial charge >= 0.3 is 0 Å². The summed E-state index contributed by atoms with van der Waals surface area (Å²) >= 11 is 5.88. The van der Waals surface area contributed by atoms with E-state index in [0.717, 1.165) is 10.5 Å². The van der Waals surface area contributed by atoms with E-state index in [4.69, 9.17) is 11.6 Å². The molecule has 0 aromatic heterocycles. The molecule has 0 unspecified atom stereocenters. The van der Waals surface area contributed by atoms with Crippen molar-refractivity contribution >= 4 is 35.0 Å². The summed E-state index contributed by atoms with van der Waals surface area (Å²) in [5, 5.41) is 3.09. The highest BCUT2D eigenvalue weighted by Crippen LogP contribution is 2.26. The number of hydrogen-bond acceptors (Lipinski definition) is 3. The topological polar surface area (TPSA) is 66.5 Å². The Morgan fingerprint density at radius 3 is 2.23 bits per heavy atom. The third-order valence-electron chi connectivity index (χ3n) is 4.27. The summed E-state index contributed by atoms with van der Waals surface area (Å²) in [7, 11) is 0. The molecule has 26 heavy (non-hydrogen) atoms. The minimum absolute atomic E-state index is 0.0178. The first-order chi connectivity index (χ1) is 12.2. The molecule has 1 aliphatic heterocycles. The maximum absolute atomic E-state index is 12.4. The lowest BCUT2D eigenvalue weighted by Gasteiger charge is -2.19. The molecule has 0 fully saturated rings. The number of nitrogens with one attached hydrogen (secondary N) is 1. The number of halogens is 1. The van der Waals surface area contributed by atoms with Crippen molar-refractivity contribution in [3.63, 3.8) is 0 Å². The van der Waals surface area contributed by atoms with Crippen LogP contribution >= 0.6 is 11.6 Å². The van der Waals surface area contributed by atoms with Gasteiger partial charge in [0.1, 0.15) is 6.54 Å². The van der Waals surface area contributed by atoms with E-state index >= 15 is 0 Å². The monoisotopic (exact) mass is 370 g/mol. The molecule has 0 saturated carbocycles. The molecule has 0 spiro atoms. The summed E-state index contributed by atoms with van der Waals surface area (Å²) < 4.78 is 0. The lowest BCUT2D eigenvalue weighted by Crippen LogP contribution is -2.37. The predicted octanol–water partition coefficient (Wildman–Crippen LogP) is 3.87. The molecular weight excluding hydrogens is 352 g/mol. The number of anilines is 1. The Morgan fingerprint density at radius 1 is 1.00 bits per heavy atom. The van der Waals surface area contributed by atoms with Gasteiger partial charge in [0.05, 0.1) is 11.1 Å². The molecule has 6 heteroatoms. The summed E-state index contributed by atoms with van der Waals surface area (Å²) in [4.78, 5) is 37.9. The van der Waals surface area contributed by atoms with Crippen LogP contribution < -0.4 is 5.32 Å². The number of carbonyl (C=O) groups excluding carboxylic acids is 3. The van der Waals surface area contributed by atoms with Crippen LogP contribution in [0.3, 0.4) is 0 Å². The average molecular weight is 371 g/mol. The molecule has 3 rings (SSSR count). The lowest BCUT2D eigenvalue weighted by atomic mass is 9.87. The van der Waals surface area contributed by atoms with E-state index < -0.39 is 17.7 Å². The lowest BCUT2D eigenvalue weighted by molar-refractivity contribution is -0.116. The van der Waals surface area contributed by atoms with Crippen LogP contribution in [0.15, 0.2) is 42.5 Å². The van der Waals surface area contributed by atoms with Crippen LogP contribution in [0.5, 0.6) is 0 Å². The number of fused-ring (bicyclic) bond motifs is 1. The van der Waals surface area contributed by atoms with Crippen LogP contribution in [0.4, 0.5) is 5.69 Å². The Bertz CT molecular complexity index is 898. The quantitative estimate of drug-likeness (QED) is 0.834. The molecule has 1 N–H and O–H groups in total. The van der Waals surface area contributed by atoms with Gasteiger partial charge < -0.3 is 5.32 Å². The Kier molecular flexibility index (Phi) is 4.59. The van der Waals surface area contributed by atoms with Crippen LogP contribution in [0.1, 0.15) is 47.1 Å². The van der Waals surface area contributed by atoms with E-state index in [0.29, 0.717) is 10.7 Å². The Labute approximate surface area is 156 Å². The normalized spacial score (nSPS) is 13.8. The van der Waals surface area contributed by atoms with Gasteiger partial charge in [-0.1, -0.05) is 44.5 Å². The highest BCUT2D eigenvalue weighted by Gasteiger charge is 2.36. The smallest absolute Gasteiger partial charge is 0.262 e. The molecule has 5 nitrogen and oxygen atoms in total. The molecular formula is C20H19ClN2O3. The van der Waals surface area contributed by atoms with Crippen molar-refractivity contribution in [3.8, 4) is 0 Å². The van der Waals surface area contributed by atoms with E-state index in [9.17, 15) is 14.4 Å². The van der Waals surface area contributed by atoms with E-state index in [1.807, 2.05) is 12.1 Å². The molecule has 0 saturated heterocycles. The van der Waals surface area contributed by atoms with Crippen molar-refractivity contribution in [1.82, 2.24) is 4.90 Å². The number of imide groups is 1. The molecule has 3 amide bonds. The zero-order valence-corrected chi connectivity index (χ0v) is 15.6. The summed E-state index contributed by atoms with van der Waals surface area (Å²) in [6, 6.07) is 12.0. The van der Waals surface area contributed by atoms with Gasteiger partial charge in [-0.05, 0) is 41.3 Å². The standard InChI is InChI=1S/C20H19ClN2O3/c1-20(2,3)12-4-7-14(8-5-12)22-17(24)11-23-18(25)15-9-6-13(21)10-16(15)19(23)26/h4-10H,11H2,1-3H3,(H,22,24). The first kappa shape index (κ1) is 18.1. The Hall–Kier alpha value is -2.66. The summed E-state index contributed by atoms with van der Waals surface area (Å²) in [6.07, 6.45) is 0. The Balaban J connectivity index is 1.69. The van der Waals surface area contributed by atoms with Crippen molar-refractivity contribution in [2.24, 2.45) is 0 Å². The minimum atomic E-state index is -0.509. The van der Waals surface area contributed by atoms with Crippen molar-refractivity contribution in [2.75, 3.05) is 11.9 Å². The second kappa shape index (κ2) is 6.57. The number of nitrogens with zero attached hydrogens (tertiary/aromatic N) is 1. The summed E-state index contributed by atoms with van der Waals surface area (Å²) in [6.45, 7) is 5.98. The van der Waals surface area contributed by atoms with Gasteiger partial charge in [0.15, 0.2) is 0 Å². The van der Waals surface area contributed by atoms with Gasteiger partial charge in [-0.25, -0.2) is 0 Å². The number of rotatable bonds is 3. The second-order valence-electron chi connectivity index (χ2n) is 7.26. The van der Waals surface area contributed by atoms with Gasteiger partial charge in [0.25, 0.3) is 11.8 Å². The van der Waals surface area contributed by atoms with Crippen LogP contribution in [0.25, 0.3) is 0 Å². The molecule has 2 aromatic carbocycles. The third-order valence-corrected chi connectivity index (χ3v) is 4.50. The van der Waals surface area contributed by atoms with Crippen LogP contribution in [0, 0.1) is 0 Å². The first-order valence-corrected chi connectivity index (χ1v) is 8.61. The Morgan fingerprint density at radius 2 is 1.62 bits per heavy atom. The van der Waals surface area contributed by atoms with Crippen molar-refractivity contribution < 1.29 is 14.4 Å². The molecule has 0 aliphatic carbocycles. The largest absolute Gasteiger partial charge is 0.325 e. The fourth-order valence-corrected chi connectivity index (χ4v) is 2.98. The van der Waals surface area contributed by atoms with Crippen LogP contribution in [-0.2, 0) is 10.2 Å². The number of benzene rings is 2.